The largest absolute Gasteiger partial charge is 0.339 e. The van der Waals surface area contributed by atoms with Gasteiger partial charge in [-0.3, -0.25) is 4.79 Å². The van der Waals surface area contributed by atoms with Crippen molar-refractivity contribution in [1.82, 2.24) is 10.2 Å². The summed E-state index contributed by atoms with van der Waals surface area (Å²) < 4.78 is 0. The number of carbonyl (C=O) groups excluding carboxylic acids is 1. The summed E-state index contributed by atoms with van der Waals surface area (Å²) in [7, 11) is 0. The van der Waals surface area contributed by atoms with Gasteiger partial charge in [0.25, 0.3) is 0 Å². The van der Waals surface area contributed by atoms with Gasteiger partial charge in [-0.25, -0.2) is 0 Å². The van der Waals surface area contributed by atoms with Crippen LogP contribution in [0.1, 0.15) is 58.8 Å². The summed E-state index contributed by atoms with van der Waals surface area (Å²) in [6, 6.07) is 0.607. The van der Waals surface area contributed by atoms with Gasteiger partial charge in [0.2, 0.25) is 5.91 Å². The van der Waals surface area contributed by atoms with E-state index in [2.05, 4.69) is 24.1 Å². The second-order valence-corrected chi connectivity index (χ2v) is 5.87. The maximum atomic E-state index is 12.6. The number of nitrogens with zero attached hydrogens (tertiary/aromatic N) is 1. The molecule has 1 N–H and O–H groups in total. The molecule has 104 valence electrons. The molecular weight excluding hydrogens is 224 g/mol. The molecule has 0 radical (unpaired) electrons. The molecule has 2 atom stereocenters. The fraction of sp³-hybridized carbons (Fsp3) is 0.933. The summed E-state index contributed by atoms with van der Waals surface area (Å²) in [5.74, 6) is 1.10. The second-order valence-electron chi connectivity index (χ2n) is 5.87. The fourth-order valence-electron chi connectivity index (χ4n) is 3.57. The van der Waals surface area contributed by atoms with Crippen molar-refractivity contribution in [3.8, 4) is 0 Å². The molecule has 2 aliphatic rings. The highest BCUT2D eigenvalue weighted by Crippen LogP contribution is 2.26. The lowest BCUT2D eigenvalue weighted by atomic mass is 9.89. The number of amides is 1. The molecule has 0 aromatic carbocycles. The smallest absolute Gasteiger partial charge is 0.239 e. The Balaban J connectivity index is 1.95. The van der Waals surface area contributed by atoms with Crippen LogP contribution in [0.5, 0.6) is 0 Å². The van der Waals surface area contributed by atoms with E-state index in [1.807, 2.05) is 0 Å². The minimum absolute atomic E-state index is 0.0873. The molecule has 0 aromatic heterocycles. The SMILES string of the molecule is CCC1CCNC(C(=O)N(CC)C2CCCC2)C1. The number of hydrogen-bond acceptors (Lipinski definition) is 2. The molecule has 2 unspecified atom stereocenters. The first-order valence-corrected chi connectivity index (χ1v) is 7.80. The average Bonchev–Trinajstić information content (AvgIpc) is 2.93. The number of rotatable bonds is 4. The lowest BCUT2D eigenvalue weighted by Gasteiger charge is -2.35. The van der Waals surface area contributed by atoms with Gasteiger partial charge in [-0.05, 0) is 45.1 Å². The van der Waals surface area contributed by atoms with E-state index in [4.69, 9.17) is 0 Å². The minimum Gasteiger partial charge on any atom is -0.339 e. The van der Waals surface area contributed by atoms with Crippen molar-refractivity contribution in [3.63, 3.8) is 0 Å². The van der Waals surface area contributed by atoms with Crippen LogP contribution in [0.3, 0.4) is 0 Å². The summed E-state index contributed by atoms with van der Waals surface area (Å²) in [5.41, 5.74) is 0. The van der Waals surface area contributed by atoms with Gasteiger partial charge in [-0.1, -0.05) is 26.2 Å². The van der Waals surface area contributed by atoms with Crippen LogP contribution in [-0.4, -0.2) is 36.0 Å². The van der Waals surface area contributed by atoms with Crippen molar-refractivity contribution in [2.24, 2.45) is 5.92 Å². The highest BCUT2D eigenvalue weighted by molar-refractivity contribution is 5.82. The third-order valence-electron chi connectivity index (χ3n) is 4.78. The first-order valence-electron chi connectivity index (χ1n) is 7.80. The average molecular weight is 252 g/mol. The first-order chi connectivity index (χ1) is 8.76. The van der Waals surface area contributed by atoms with Crippen LogP contribution in [0.25, 0.3) is 0 Å². The number of likely N-dealkylation sites (N-methyl/N-ethyl adjacent to an activating group) is 1. The van der Waals surface area contributed by atoms with Gasteiger partial charge in [0.15, 0.2) is 0 Å². The van der Waals surface area contributed by atoms with Gasteiger partial charge in [0, 0.05) is 12.6 Å². The first kappa shape index (κ1) is 13.9. The van der Waals surface area contributed by atoms with Crippen LogP contribution >= 0.6 is 0 Å². The van der Waals surface area contributed by atoms with E-state index in [9.17, 15) is 4.79 Å². The van der Waals surface area contributed by atoms with Crippen LogP contribution in [0.2, 0.25) is 0 Å². The Morgan fingerprint density at radius 2 is 1.94 bits per heavy atom. The molecule has 1 heterocycles. The molecule has 1 saturated carbocycles. The molecule has 3 nitrogen and oxygen atoms in total. The van der Waals surface area contributed by atoms with Gasteiger partial charge in [0.1, 0.15) is 0 Å². The van der Waals surface area contributed by atoms with E-state index >= 15 is 0 Å². The maximum Gasteiger partial charge on any atom is 0.239 e. The molecule has 0 spiro atoms. The van der Waals surface area contributed by atoms with Crippen LogP contribution in [0.15, 0.2) is 0 Å². The zero-order valence-electron chi connectivity index (χ0n) is 12.0. The zero-order valence-corrected chi connectivity index (χ0v) is 12.0. The topological polar surface area (TPSA) is 32.3 Å². The van der Waals surface area contributed by atoms with E-state index in [1.165, 1.54) is 38.5 Å². The standard InChI is InChI=1S/C15H28N2O/c1-3-12-9-10-16-14(11-12)15(18)17(4-2)13-7-5-6-8-13/h12-14,16H,3-11H2,1-2H3. The van der Waals surface area contributed by atoms with Crippen molar-refractivity contribution in [2.45, 2.75) is 70.9 Å². The van der Waals surface area contributed by atoms with Crippen molar-refractivity contribution in [2.75, 3.05) is 13.1 Å². The van der Waals surface area contributed by atoms with Crippen molar-refractivity contribution >= 4 is 5.91 Å². The summed E-state index contributed by atoms with van der Waals surface area (Å²) in [4.78, 5) is 14.8. The molecule has 1 aliphatic heterocycles. The minimum atomic E-state index is 0.0873. The van der Waals surface area contributed by atoms with Crippen molar-refractivity contribution in [3.05, 3.63) is 0 Å². The Morgan fingerprint density at radius 1 is 1.22 bits per heavy atom. The second kappa shape index (κ2) is 6.55. The van der Waals surface area contributed by atoms with Crippen LogP contribution in [0.4, 0.5) is 0 Å². The lowest BCUT2D eigenvalue weighted by Crippen LogP contribution is -2.52. The van der Waals surface area contributed by atoms with Gasteiger partial charge in [-0.15, -0.1) is 0 Å². The highest BCUT2D eigenvalue weighted by atomic mass is 16.2. The Morgan fingerprint density at radius 3 is 2.56 bits per heavy atom. The molecule has 0 aromatic rings. The summed E-state index contributed by atoms with van der Waals surface area (Å²) >= 11 is 0. The van der Waals surface area contributed by atoms with Crippen LogP contribution in [-0.2, 0) is 4.79 Å². The number of carbonyl (C=O) groups is 1. The third-order valence-corrected chi connectivity index (χ3v) is 4.78. The van der Waals surface area contributed by atoms with Crippen molar-refractivity contribution in [1.29, 1.82) is 0 Å². The summed E-state index contributed by atoms with van der Waals surface area (Å²) in [6.07, 6.45) is 8.50. The Bertz CT molecular complexity index is 274. The Hall–Kier alpha value is -0.570. The summed E-state index contributed by atoms with van der Waals surface area (Å²) in [6.45, 7) is 6.25. The fourth-order valence-corrected chi connectivity index (χ4v) is 3.57. The molecule has 2 rings (SSSR count). The quantitative estimate of drug-likeness (QED) is 0.834. The van der Waals surface area contributed by atoms with Gasteiger partial charge in [0.05, 0.1) is 6.04 Å². The zero-order chi connectivity index (χ0) is 13.0. The van der Waals surface area contributed by atoms with E-state index in [0.29, 0.717) is 11.9 Å². The highest BCUT2D eigenvalue weighted by Gasteiger charge is 2.32. The molecule has 3 heteroatoms. The van der Waals surface area contributed by atoms with Gasteiger partial charge in [-0.2, -0.15) is 0 Å². The number of hydrogen-bond donors (Lipinski definition) is 1. The third kappa shape index (κ3) is 3.05. The Kier molecular flexibility index (Phi) is 5.04. The lowest BCUT2D eigenvalue weighted by molar-refractivity contribution is -0.136. The van der Waals surface area contributed by atoms with Crippen LogP contribution in [0, 0.1) is 5.92 Å². The predicted octanol–water partition coefficient (Wildman–Crippen LogP) is 2.56. The maximum absolute atomic E-state index is 12.6. The predicted molar refractivity (Wildman–Crippen MR) is 74.4 cm³/mol. The molecule has 0 bridgehead atoms. The molecule has 1 amide bonds. The number of piperidine rings is 1. The van der Waals surface area contributed by atoms with Crippen LogP contribution < -0.4 is 5.32 Å². The van der Waals surface area contributed by atoms with E-state index < -0.39 is 0 Å². The number of nitrogens with one attached hydrogen (secondary N) is 1. The molecule has 1 aliphatic carbocycles. The molecule has 1 saturated heterocycles. The Labute approximate surface area is 111 Å². The molecule has 18 heavy (non-hydrogen) atoms. The monoisotopic (exact) mass is 252 g/mol. The molecule has 2 fully saturated rings. The normalized spacial score (nSPS) is 29.4. The van der Waals surface area contributed by atoms with Gasteiger partial charge < -0.3 is 10.2 Å². The van der Waals surface area contributed by atoms with E-state index in [-0.39, 0.29) is 6.04 Å². The van der Waals surface area contributed by atoms with Crippen molar-refractivity contribution < 1.29 is 4.79 Å². The van der Waals surface area contributed by atoms with Gasteiger partial charge >= 0.3 is 0 Å². The molecular formula is C15H28N2O. The van der Waals surface area contributed by atoms with E-state index in [0.717, 1.165) is 25.4 Å². The van der Waals surface area contributed by atoms with E-state index in [1.54, 1.807) is 0 Å². The summed E-state index contributed by atoms with van der Waals surface area (Å²) in [5, 5.41) is 3.43.